The first kappa shape index (κ1) is 15.1. The Labute approximate surface area is 108 Å². The molecule has 0 atom stereocenters. The van der Waals surface area contributed by atoms with Crippen molar-refractivity contribution < 1.29 is 13.5 Å². The highest BCUT2D eigenvalue weighted by atomic mass is 32.2. The van der Waals surface area contributed by atoms with Gasteiger partial charge in [-0.25, -0.2) is 8.42 Å². The number of nitrogens with zero attached hydrogens (tertiary/aromatic N) is 1. The molecule has 0 aliphatic rings. The smallest absolute Gasteiger partial charge is 0.215 e. The number of aliphatic hydroxyl groups is 1. The second-order valence-corrected chi connectivity index (χ2v) is 6.05. The molecular weight excluding hydrogens is 252 g/mol. The van der Waals surface area contributed by atoms with Crippen LogP contribution in [0.3, 0.4) is 0 Å². The Morgan fingerprint density at radius 1 is 1.28 bits per heavy atom. The van der Waals surface area contributed by atoms with Gasteiger partial charge in [0.2, 0.25) is 10.0 Å². The van der Waals surface area contributed by atoms with Crippen molar-refractivity contribution in [3.8, 4) is 0 Å². The highest BCUT2D eigenvalue weighted by Gasteiger charge is 2.20. The van der Waals surface area contributed by atoms with E-state index in [0.717, 1.165) is 5.56 Å². The van der Waals surface area contributed by atoms with Crippen molar-refractivity contribution in [2.24, 2.45) is 0 Å². The van der Waals surface area contributed by atoms with Gasteiger partial charge < -0.3 is 10.4 Å². The quantitative estimate of drug-likeness (QED) is 0.700. The van der Waals surface area contributed by atoms with Crippen molar-refractivity contribution in [1.29, 1.82) is 0 Å². The van der Waals surface area contributed by atoms with Gasteiger partial charge in [-0.1, -0.05) is 30.3 Å². The Balaban J connectivity index is 2.76. The normalized spacial score (nSPS) is 11.9. The van der Waals surface area contributed by atoms with Crippen LogP contribution in [0.15, 0.2) is 30.3 Å². The molecule has 0 saturated carbocycles. The fraction of sp³-hybridized carbons (Fsp3) is 0.500. The lowest BCUT2D eigenvalue weighted by molar-refractivity contribution is 0.251. The zero-order chi connectivity index (χ0) is 13.4. The molecule has 1 rings (SSSR count). The van der Waals surface area contributed by atoms with Gasteiger partial charge in [0.15, 0.2) is 0 Å². The Morgan fingerprint density at radius 2 is 1.94 bits per heavy atom. The van der Waals surface area contributed by atoms with Crippen molar-refractivity contribution >= 4 is 10.0 Å². The zero-order valence-electron chi connectivity index (χ0n) is 10.5. The number of hydrogen-bond donors (Lipinski definition) is 2. The number of sulfonamides is 1. The van der Waals surface area contributed by atoms with Gasteiger partial charge in [-0.2, -0.15) is 4.31 Å². The topological polar surface area (TPSA) is 69.6 Å². The monoisotopic (exact) mass is 272 g/mol. The molecule has 5 nitrogen and oxygen atoms in total. The second kappa shape index (κ2) is 7.48. The molecule has 0 amide bonds. The van der Waals surface area contributed by atoms with Crippen molar-refractivity contribution in [3.63, 3.8) is 0 Å². The van der Waals surface area contributed by atoms with Crippen LogP contribution < -0.4 is 5.32 Å². The highest BCUT2D eigenvalue weighted by molar-refractivity contribution is 7.89. The third kappa shape index (κ3) is 4.73. The Morgan fingerprint density at radius 3 is 2.50 bits per heavy atom. The molecule has 6 heteroatoms. The van der Waals surface area contributed by atoms with Crippen molar-refractivity contribution in [2.75, 3.05) is 32.5 Å². The first-order chi connectivity index (χ1) is 8.60. The predicted molar refractivity (Wildman–Crippen MR) is 71.7 cm³/mol. The third-order valence-corrected chi connectivity index (χ3v) is 4.37. The first-order valence-corrected chi connectivity index (χ1v) is 7.48. The summed E-state index contributed by atoms with van der Waals surface area (Å²) in [5, 5.41) is 11.8. The van der Waals surface area contributed by atoms with E-state index < -0.39 is 10.0 Å². The van der Waals surface area contributed by atoms with E-state index in [-0.39, 0.29) is 18.9 Å². The van der Waals surface area contributed by atoms with Crippen LogP contribution in [0.2, 0.25) is 0 Å². The van der Waals surface area contributed by atoms with Gasteiger partial charge in [0.1, 0.15) is 0 Å². The predicted octanol–water partition coefficient (Wildman–Crippen LogP) is 0.0301. The summed E-state index contributed by atoms with van der Waals surface area (Å²) in [7, 11) is -1.62. The lowest BCUT2D eigenvalue weighted by Crippen LogP contribution is -2.37. The summed E-state index contributed by atoms with van der Waals surface area (Å²) in [5.74, 6) is 0.0380. The van der Waals surface area contributed by atoms with Crippen LogP contribution in [-0.4, -0.2) is 50.3 Å². The maximum Gasteiger partial charge on any atom is 0.215 e. The van der Waals surface area contributed by atoms with Gasteiger partial charge in [-0.15, -0.1) is 0 Å². The highest BCUT2D eigenvalue weighted by Crippen LogP contribution is 2.09. The van der Waals surface area contributed by atoms with Crippen LogP contribution in [0.25, 0.3) is 0 Å². The molecule has 0 fully saturated rings. The van der Waals surface area contributed by atoms with Crippen molar-refractivity contribution in [2.45, 2.75) is 6.54 Å². The summed E-state index contributed by atoms with van der Waals surface area (Å²) >= 11 is 0. The Kier molecular flexibility index (Phi) is 6.28. The molecule has 1 aromatic rings. The fourth-order valence-corrected chi connectivity index (χ4v) is 3.00. The largest absolute Gasteiger partial charge is 0.395 e. The van der Waals surface area contributed by atoms with Gasteiger partial charge in [-0.3, -0.25) is 0 Å². The molecule has 0 spiro atoms. The minimum Gasteiger partial charge on any atom is -0.395 e. The van der Waals surface area contributed by atoms with Gasteiger partial charge in [0, 0.05) is 19.6 Å². The molecule has 0 aliphatic carbocycles. The van der Waals surface area contributed by atoms with E-state index in [1.807, 2.05) is 30.3 Å². The summed E-state index contributed by atoms with van der Waals surface area (Å²) < 4.78 is 25.4. The maximum absolute atomic E-state index is 12.1. The van der Waals surface area contributed by atoms with E-state index in [4.69, 9.17) is 5.11 Å². The minimum absolute atomic E-state index is 0.0380. The van der Waals surface area contributed by atoms with Crippen LogP contribution in [0.4, 0.5) is 0 Å². The maximum atomic E-state index is 12.1. The molecule has 0 bridgehead atoms. The third-order valence-electron chi connectivity index (χ3n) is 2.55. The van der Waals surface area contributed by atoms with Crippen molar-refractivity contribution in [1.82, 2.24) is 9.62 Å². The Bertz CT molecular complexity index is 434. The molecule has 0 unspecified atom stereocenters. The van der Waals surface area contributed by atoms with E-state index in [2.05, 4.69) is 5.32 Å². The van der Waals surface area contributed by atoms with Crippen molar-refractivity contribution in [3.05, 3.63) is 35.9 Å². The molecule has 0 heterocycles. The Hall–Kier alpha value is -0.950. The lowest BCUT2D eigenvalue weighted by atomic mass is 10.2. The number of rotatable bonds is 8. The number of benzene rings is 1. The average Bonchev–Trinajstić information content (AvgIpc) is 2.37. The molecule has 0 radical (unpaired) electrons. The van der Waals surface area contributed by atoms with E-state index in [0.29, 0.717) is 13.1 Å². The molecule has 1 aromatic carbocycles. The van der Waals surface area contributed by atoms with E-state index in [9.17, 15) is 8.42 Å². The standard InChI is InChI=1S/C12H20N2O3S/c1-13-7-10-18(16,17)14(8-9-15)11-12-5-3-2-4-6-12/h2-6,13,15H,7-11H2,1H3. The van der Waals surface area contributed by atoms with Gasteiger partial charge in [-0.05, 0) is 12.6 Å². The summed E-state index contributed by atoms with van der Waals surface area (Å²) in [6, 6.07) is 9.37. The first-order valence-electron chi connectivity index (χ1n) is 5.87. The summed E-state index contributed by atoms with van der Waals surface area (Å²) in [4.78, 5) is 0. The van der Waals surface area contributed by atoms with Crippen LogP contribution in [-0.2, 0) is 16.6 Å². The average molecular weight is 272 g/mol. The number of nitrogens with one attached hydrogen (secondary N) is 1. The van der Waals surface area contributed by atoms with Gasteiger partial charge in [0.25, 0.3) is 0 Å². The van der Waals surface area contributed by atoms with E-state index >= 15 is 0 Å². The molecule has 0 saturated heterocycles. The van der Waals surface area contributed by atoms with E-state index in [1.165, 1.54) is 4.31 Å². The zero-order valence-corrected chi connectivity index (χ0v) is 11.4. The van der Waals surface area contributed by atoms with Crippen LogP contribution in [0.5, 0.6) is 0 Å². The molecule has 18 heavy (non-hydrogen) atoms. The molecule has 102 valence electrons. The van der Waals surface area contributed by atoms with Gasteiger partial charge in [0.05, 0.1) is 12.4 Å². The SMILES string of the molecule is CNCCS(=O)(=O)N(CCO)Cc1ccccc1. The van der Waals surface area contributed by atoms with Gasteiger partial charge >= 0.3 is 0 Å². The molecule has 2 N–H and O–H groups in total. The molecule has 0 aromatic heterocycles. The summed E-state index contributed by atoms with van der Waals surface area (Å²) in [6.45, 7) is 0.652. The number of aliphatic hydroxyl groups excluding tert-OH is 1. The van der Waals surface area contributed by atoms with E-state index in [1.54, 1.807) is 7.05 Å². The van der Waals surface area contributed by atoms with Crippen LogP contribution >= 0.6 is 0 Å². The molecular formula is C12H20N2O3S. The molecule has 0 aliphatic heterocycles. The number of hydrogen-bond acceptors (Lipinski definition) is 4. The summed E-state index contributed by atoms with van der Waals surface area (Å²) in [6.07, 6.45) is 0. The lowest BCUT2D eigenvalue weighted by Gasteiger charge is -2.21. The summed E-state index contributed by atoms with van der Waals surface area (Å²) in [5.41, 5.74) is 0.916. The second-order valence-electron chi connectivity index (χ2n) is 3.96. The fourth-order valence-electron chi connectivity index (χ4n) is 1.58. The minimum atomic E-state index is -3.33. The van der Waals surface area contributed by atoms with Crippen LogP contribution in [0.1, 0.15) is 5.56 Å². The van der Waals surface area contributed by atoms with Crippen LogP contribution in [0, 0.1) is 0 Å².